The van der Waals surface area contributed by atoms with E-state index in [4.69, 9.17) is 26.2 Å². The van der Waals surface area contributed by atoms with Crippen molar-refractivity contribution in [3.8, 4) is 17.4 Å². The first-order chi connectivity index (χ1) is 9.10. The van der Waals surface area contributed by atoms with E-state index in [1.807, 2.05) is 0 Å². The first-order valence-corrected chi connectivity index (χ1v) is 5.68. The van der Waals surface area contributed by atoms with Crippen LogP contribution >= 0.6 is 11.6 Å². The van der Waals surface area contributed by atoms with Crippen LogP contribution in [-0.4, -0.2) is 23.2 Å². The predicted octanol–water partition coefficient (Wildman–Crippen LogP) is 3.23. The number of carboxylic acids is 1. The molecular formula is C13H10ClNO4. The zero-order valence-electron chi connectivity index (χ0n) is 9.96. The van der Waals surface area contributed by atoms with Crippen LogP contribution in [0.4, 0.5) is 0 Å². The number of carboxylic acid groups (broad SMARTS) is 1. The Balaban J connectivity index is 2.20. The van der Waals surface area contributed by atoms with Gasteiger partial charge >= 0.3 is 5.97 Å². The molecule has 0 amide bonds. The second-order valence-electron chi connectivity index (χ2n) is 3.59. The standard InChI is InChI=1S/C13H10ClNO4/c1-18-9-2-4-10(5-3-9)19-12-11(14)6-8(7-15-12)13(16)17/h2-7H,1H3,(H,16,17). The van der Waals surface area contributed by atoms with Crippen molar-refractivity contribution in [1.82, 2.24) is 4.98 Å². The number of ether oxygens (including phenoxy) is 2. The molecule has 1 aromatic heterocycles. The van der Waals surface area contributed by atoms with E-state index in [1.165, 1.54) is 12.3 Å². The normalized spacial score (nSPS) is 10.0. The first kappa shape index (κ1) is 13.2. The molecule has 0 spiro atoms. The second-order valence-corrected chi connectivity index (χ2v) is 4.00. The summed E-state index contributed by atoms with van der Waals surface area (Å²) in [7, 11) is 1.57. The Morgan fingerprint density at radius 3 is 2.42 bits per heavy atom. The lowest BCUT2D eigenvalue weighted by atomic mass is 10.3. The molecule has 1 aromatic carbocycles. The lowest BCUT2D eigenvalue weighted by Crippen LogP contribution is -1.98. The number of nitrogens with zero attached hydrogens (tertiary/aromatic N) is 1. The minimum absolute atomic E-state index is 0.00656. The Morgan fingerprint density at radius 2 is 1.89 bits per heavy atom. The average Bonchev–Trinajstić information content (AvgIpc) is 2.41. The Kier molecular flexibility index (Phi) is 3.87. The molecule has 0 atom stereocenters. The highest BCUT2D eigenvalue weighted by molar-refractivity contribution is 6.32. The van der Waals surface area contributed by atoms with Crippen molar-refractivity contribution in [2.24, 2.45) is 0 Å². The predicted molar refractivity (Wildman–Crippen MR) is 69.3 cm³/mol. The Bertz CT molecular complexity index is 598. The molecule has 5 nitrogen and oxygen atoms in total. The van der Waals surface area contributed by atoms with E-state index >= 15 is 0 Å². The van der Waals surface area contributed by atoms with Gasteiger partial charge in [-0.25, -0.2) is 9.78 Å². The van der Waals surface area contributed by atoms with Gasteiger partial charge in [0, 0.05) is 6.20 Å². The van der Waals surface area contributed by atoms with Crippen LogP contribution in [0.5, 0.6) is 17.4 Å². The molecule has 0 radical (unpaired) electrons. The number of pyridine rings is 1. The number of aromatic nitrogens is 1. The zero-order valence-corrected chi connectivity index (χ0v) is 10.7. The number of benzene rings is 1. The van der Waals surface area contributed by atoms with E-state index in [0.717, 1.165) is 0 Å². The molecule has 0 aliphatic carbocycles. The molecule has 0 unspecified atom stereocenters. The summed E-state index contributed by atoms with van der Waals surface area (Å²) in [6.45, 7) is 0. The lowest BCUT2D eigenvalue weighted by molar-refractivity contribution is 0.0696. The highest BCUT2D eigenvalue weighted by Crippen LogP contribution is 2.28. The van der Waals surface area contributed by atoms with Gasteiger partial charge in [-0.15, -0.1) is 0 Å². The average molecular weight is 280 g/mol. The van der Waals surface area contributed by atoms with Crippen molar-refractivity contribution in [2.75, 3.05) is 7.11 Å². The van der Waals surface area contributed by atoms with Crippen molar-refractivity contribution in [2.45, 2.75) is 0 Å². The van der Waals surface area contributed by atoms with Gasteiger partial charge in [-0.05, 0) is 30.3 Å². The van der Waals surface area contributed by atoms with E-state index in [0.29, 0.717) is 11.5 Å². The number of halogens is 1. The summed E-state index contributed by atoms with van der Waals surface area (Å²) in [5.74, 6) is 0.285. The molecule has 2 rings (SSSR count). The van der Waals surface area contributed by atoms with Crippen molar-refractivity contribution in [1.29, 1.82) is 0 Å². The maximum atomic E-state index is 10.7. The maximum Gasteiger partial charge on any atom is 0.337 e. The van der Waals surface area contributed by atoms with Gasteiger partial charge in [0.2, 0.25) is 5.88 Å². The summed E-state index contributed by atoms with van der Waals surface area (Å²) in [6.07, 6.45) is 1.19. The molecular weight excluding hydrogens is 270 g/mol. The largest absolute Gasteiger partial charge is 0.497 e. The number of carbonyl (C=O) groups is 1. The van der Waals surface area contributed by atoms with Crippen LogP contribution in [0.1, 0.15) is 10.4 Å². The minimum atomic E-state index is -1.09. The molecule has 0 fully saturated rings. The summed E-state index contributed by atoms with van der Waals surface area (Å²) < 4.78 is 10.5. The second kappa shape index (κ2) is 5.58. The molecule has 98 valence electrons. The van der Waals surface area contributed by atoms with Gasteiger partial charge in [0.05, 0.1) is 12.7 Å². The van der Waals surface area contributed by atoms with Gasteiger partial charge < -0.3 is 14.6 Å². The number of rotatable bonds is 4. The van der Waals surface area contributed by atoms with Crippen LogP contribution in [0.2, 0.25) is 5.02 Å². The number of aromatic carboxylic acids is 1. The third-order valence-electron chi connectivity index (χ3n) is 2.33. The topological polar surface area (TPSA) is 68.7 Å². The summed E-state index contributed by atoms with van der Waals surface area (Å²) in [5.41, 5.74) is 0.00656. The molecule has 6 heteroatoms. The van der Waals surface area contributed by atoms with Gasteiger partial charge in [0.1, 0.15) is 16.5 Å². The van der Waals surface area contributed by atoms with Crippen LogP contribution in [0.3, 0.4) is 0 Å². The van der Waals surface area contributed by atoms with Crippen LogP contribution in [0.25, 0.3) is 0 Å². The zero-order chi connectivity index (χ0) is 13.8. The third-order valence-corrected chi connectivity index (χ3v) is 2.60. The van der Waals surface area contributed by atoms with Crippen molar-refractivity contribution in [3.05, 3.63) is 47.1 Å². The highest BCUT2D eigenvalue weighted by Gasteiger charge is 2.10. The number of hydrogen-bond donors (Lipinski definition) is 1. The Hall–Kier alpha value is -2.27. The highest BCUT2D eigenvalue weighted by atomic mass is 35.5. The Labute approximate surface area is 114 Å². The SMILES string of the molecule is COc1ccc(Oc2ncc(C(=O)O)cc2Cl)cc1. The van der Waals surface area contributed by atoms with E-state index in [9.17, 15) is 4.79 Å². The van der Waals surface area contributed by atoms with E-state index in [-0.39, 0.29) is 16.5 Å². The quantitative estimate of drug-likeness (QED) is 0.930. The fraction of sp³-hybridized carbons (Fsp3) is 0.0769. The van der Waals surface area contributed by atoms with Crippen LogP contribution < -0.4 is 9.47 Å². The molecule has 0 bridgehead atoms. The first-order valence-electron chi connectivity index (χ1n) is 5.31. The monoisotopic (exact) mass is 279 g/mol. The Morgan fingerprint density at radius 1 is 1.26 bits per heavy atom. The molecule has 1 N–H and O–H groups in total. The van der Waals surface area contributed by atoms with Crippen molar-refractivity contribution < 1.29 is 19.4 Å². The van der Waals surface area contributed by atoms with Crippen molar-refractivity contribution >= 4 is 17.6 Å². The number of hydrogen-bond acceptors (Lipinski definition) is 4. The van der Waals surface area contributed by atoms with Crippen LogP contribution in [0.15, 0.2) is 36.5 Å². The van der Waals surface area contributed by atoms with Gasteiger partial charge in [-0.3, -0.25) is 0 Å². The lowest BCUT2D eigenvalue weighted by Gasteiger charge is -2.07. The molecule has 0 aliphatic heterocycles. The van der Waals surface area contributed by atoms with Crippen LogP contribution in [-0.2, 0) is 0 Å². The van der Waals surface area contributed by atoms with Gasteiger partial charge in [-0.1, -0.05) is 11.6 Å². The van der Waals surface area contributed by atoms with Crippen LogP contribution in [0, 0.1) is 0 Å². The number of methoxy groups -OCH3 is 1. The van der Waals surface area contributed by atoms with Gasteiger partial charge in [0.15, 0.2) is 0 Å². The molecule has 0 saturated heterocycles. The summed E-state index contributed by atoms with van der Waals surface area (Å²) >= 11 is 5.91. The van der Waals surface area contributed by atoms with E-state index in [1.54, 1.807) is 31.4 Å². The fourth-order valence-corrected chi connectivity index (χ4v) is 1.58. The fourth-order valence-electron chi connectivity index (χ4n) is 1.37. The molecule has 19 heavy (non-hydrogen) atoms. The molecule has 2 aromatic rings. The summed E-state index contributed by atoms with van der Waals surface area (Å²) in [6, 6.07) is 8.14. The third kappa shape index (κ3) is 3.14. The minimum Gasteiger partial charge on any atom is -0.497 e. The van der Waals surface area contributed by atoms with E-state index in [2.05, 4.69) is 4.98 Å². The summed E-state index contributed by atoms with van der Waals surface area (Å²) in [4.78, 5) is 14.6. The van der Waals surface area contributed by atoms with E-state index < -0.39 is 5.97 Å². The maximum absolute atomic E-state index is 10.7. The van der Waals surface area contributed by atoms with Crippen molar-refractivity contribution in [3.63, 3.8) is 0 Å². The van der Waals surface area contributed by atoms with Gasteiger partial charge in [0.25, 0.3) is 0 Å². The summed E-state index contributed by atoms with van der Waals surface area (Å²) in [5, 5.41) is 8.93. The van der Waals surface area contributed by atoms with Gasteiger partial charge in [-0.2, -0.15) is 0 Å². The molecule has 1 heterocycles. The smallest absolute Gasteiger partial charge is 0.337 e. The molecule has 0 aliphatic rings. The molecule has 0 saturated carbocycles.